The van der Waals surface area contributed by atoms with Crippen molar-refractivity contribution in [3.63, 3.8) is 0 Å². The van der Waals surface area contributed by atoms with Crippen LogP contribution >= 0.6 is 0 Å². The summed E-state index contributed by atoms with van der Waals surface area (Å²) in [5, 5.41) is 8.68. The van der Waals surface area contributed by atoms with Gasteiger partial charge in [0.15, 0.2) is 0 Å². The van der Waals surface area contributed by atoms with Gasteiger partial charge in [-0.3, -0.25) is 4.90 Å². The molecule has 0 aromatic heterocycles. The van der Waals surface area contributed by atoms with Crippen LogP contribution in [0, 0.1) is 0 Å². The van der Waals surface area contributed by atoms with Crippen molar-refractivity contribution in [3.05, 3.63) is 35.4 Å². The van der Waals surface area contributed by atoms with E-state index in [0.29, 0.717) is 0 Å². The van der Waals surface area contributed by atoms with E-state index in [-0.39, 0.29) is 0 Å². The molecule has 20 heavy (non-hydrogen) atoms. The lowest BCUT2D eigenvalue weighted by molar-refractivity contribution is -0.131. The average Bonchev–Trinajstić information content (AvgIpc) is 2.44. The molecule has 0 radical (unpaired) electrons. The lowest BCUT2D eigenvalue weighted by atomic mass is 10.1. The van der Waals surface area contributed by atoms with Crippen molar-refractivity contribution < 1.29 is 14.6 Å². The molecule has 4 heteroatoms. The summed E-state index contributed by atoms with van der Waals surface area (Å²) in [5.41, 5.74) is 1.95. The number of carbonyl (C=O) groups is 1. The van der Waals surface area contributed by atoms with Gasteiger partial charge in [-0.25, -0.2) is 4.79 Å². The maximum atomic E-state index is 10.6. The number of benzene rings is 1. The molecule has 0 spiro atoms. The molecule has 0 aliphatic carbocycles. The van der Waals surface area contributed by atoms with Crippen molar-refractivity contribution >= 4 is 12.0 Å². The number of nitrogens with zero attached hydrogens (tertiary/aromatic N) is 1. The normalized spacial score (nSPS) is 11.2. The van der Waals surface area contributed by atoms with E-state index in [1.807, 2.05) is 18.2 Å². The van der Waals surface area contributed by atoms with Crippen LogP contribution in [0.5, 0.6) is 5.75 Å². The van der Waals surface area contributed by atoms with E-state index >= 15 is 0 Å². The summed E-state index contributed by atoms with van der Waals surface area (Å²) < 4.78 is 5.38. The quantitative estimate of drug-likeness (QED) is 0.742. The predicted molar refractivity (Wildman–Crippen MR) is 80.9 cm³/mol. The van der Waals surface area contributed by atoms with Crippen molar-refractivity contribution in [3.8, 4) is 5.75 Å². The molecule has 0 aliphatic rings. The predicted octanol–water partition coefficient (Wildman–Crippen LogP) is 3.02. The van der Waals surface area contributed by atoms with Crippen molar-refractivity contribution in [1.82, 2.24) is 4.90 Å². The third-order valence-electron chi connectivity index (χ3n) is 3.10. The van der Waals surface area contributed by atoms with Crippen LogP contribution in [-0.4, -0.2) is 36.2 Å². The highest BCUT2D eigenvalue weighted by Crippen LogP contribution is 2.22. The standard InChI is InChI=1S/C16H23NO3/c1-4-10-17(5-2)12-14-11-13(7-9-16(18)19)6-8-15(14)20-3/h6-9,11H,4-5,10,12H2,1-3H3,(H,18,19). The number of aliphatic carboxylic acids is 1. The number of ether oxygens (including phenoxy) is 1. The molecule has 0 saturated carbocycles. The van der Waals surface area contributed by atoms with E-state index < -0.39 is 5.97 Å². The Bertz CT molecular complexity index is 469. The monoisotopic (exact) mass is 277 g/mol. The van der Waals surface area contributed by atoms with E-state index in [9.17, 15) is 4.79 Å². The SMILES string of the molecule is CCCN(CC)Cc1cc(C=CC(=O)O)ccc1OC. The minimum absolute atomic E-state index is 0.808. The molecule has 0 unspecified atom stereocenters. The molecule has 0 heterocycles. The number of hydrogen-bond acceptors (Lipinski definition) is 3. The molecule has 0 aliphatic heterocycles. The molecule has 110 valence electrons. The lowest BCUT2D eigenvalue weighted by Crippen LogP contribution is -2.23. The van der Waals surface area contributed by atoms with Gasteiger partial charge in [0.2, 0.25) is 0 Å². The molecule has 4 nitrogen and oxygen atoms in total. The van der Waals surface area contributed by atoms with Crippen molar-refractivity contribution in [2.45, 2.75) is 26.8 Å². The van der Waals surface area contributed by atoms with Crippen LogP contribution in [0.1, 0.15) is 31.4 Å². The van der Waals surface area contributed by atoms with Crippen LogP contribution < -0.4 is 4.74 Å². The number of methoxy groups -OCH3 is 1. The van der Waals surface area contributed by atoms with Gasteiger partial charge >= 0.3 is 5.97 Å². The second-order valence-corrected chi connectivity index (χ2v) is 4.61. The summed E-state index contributed by atoms with van der Waals surface area (Å²) in [6.07, 6.45) is 3.85. The van der Waals surface area contributed by atoms with Gasteiger partial charge in [0, 0.05) is 18.2 Å². The Morgan fingerprint density at radius 1 is 1.40 bits per heavy atom. The number of carboxylic acid groups (broad SMARTS) is 1. The molecule has 1 aromatic rings. The lowest BCUT2D eigenvalue weighted by Gasteiger charge is -2.21. The zero-order valence-electron chi connectivity index (χ0n) is 12.4. The summed E-state index contributed by atoms with van der Waals surface area (Å²) in [6.45, 7) is 7.12. The van der Waals surface area contributed by atoms with E-state index in [1.165, 1.54) is 0 Å². The first-order chi connectivity index (χ1) is 9.60. The zero-order valence-corrected chi connectivity index (χ0v) is 12.4. The van der Waals surface area contributed by atoms with Crippen LogP contribution in [0.15, 0.2) is 24.3 Å². The van der Waals surface area contributed by atoms with Crippen LogP contribution in [0.25, 0.3) is 6.08 Å². The average molecular weight is 277 g/mol. The number of carboxylic acids is 1. The van der Waals surface area contributed by atoms with Crippen molar-refractivity contribution in [2.24, 2.45) is 0 Å². The highest BCUT2D eigenvalue weighted by Gasteiger charge is 2.08. The van der Waals surface area contributed by atoms with Crippen LogP contribution in [0.4, 0.5) is 0 Å². The van der Waals surface area contributed by atoms with Crippen LogP contribution in [-0.2, 0) is 11.3 Å². The summed E-state index contributed by atoms with van der Waals surface area (Å²) in [4.78, 5) is 12.9. The smallest absolute Gasteiger partial charge is 0.328 e. The van der Waals surface area contributed by atoms with Crippen molar-refractivity contribution in [1.29, 1.82) is 0 Å². The maximum absolute atomic E-state index is 10.6. The van der Waals surface area contributed by atoms with E-state index in [4.69, 9.17) is 9.84 Å². The second-order valence-electron chi connectivity index (χ2n) is 4.61. The zero-order chi connectivity index (χ0) is 15.0. The first kappa shape index (κ1) is 16.2. The Kier molecular flexibility index (Phi) is 6.81. The molecule has 0 amide bonds. The van der Waals surface area contributed by atoms with Gasteiger partial charge < -0.3 is 9.84 Å². The van der Waals surface area contributed by atoms with E-state index in [0.717, 1.165) is 49.0 Å². The van der Waals surface area contributed by atoms with Gasteiger partial charge in [-0.1, -0.05) is 19.9 Å². The Hall–Kier alpha value is -1.81. The topological polar surface area (TPSA) is 49.8 Å². The Balaban J connectivity index is 2.96. The van der Waals surface area contributed by atoms with Gasteiger partial charge in [-0.15, -0.1) is 0 Å². The molecule has 1 rings (SSSR count). The molecule has 1 aromatic carbocycles. The minimum Gasteiger partial charge on any atom is -0.496 e. The number of hydrogen-bond donors (Lipinski definition) is 1. The van der Waals surface area contributed by atoms with Crippen LogP contribution in [0.3, 0.4) is 0 Å². The Morgan fingerprint density at radius 2 is 2.15 bits per heavy atom. The van der Waals surface area contributed by atoms with Gasteiger partial charge in [0.25, 0.3) is 0 Å². The van der Waals surface area contributed by atoms with E-state index in [2.05, 4.69) is 18.7 Å². The van der Waals surface area contributed by atoms with Gasteiger partial charge in [-0.05, 0) is 43.3 Å². The molecular formula is C16H23NO3. The van der Waals surface area contributed by atoms with Gasteiger partial charge in [0.1, 0.15) is 5.75 Å². The second kappa shape index (κ2) is 8.38. The minimum atomic E-state index is -0.941. The molecule has 0 bridgehead atoms. The Labute approximate surface area is 120 Å². The molecule has 0 saturated heterocycles. The fourth-order valence-corrected chi connectivity index (χ4v) is 2.10. The highest BCUT2D eigenvalue weighted by molar-refractivity contribution is 5.85. The maximum Gasteiger partial charge on any atom is 0.328 e. The fraction of sp³-hybridized carbons (Fsp3) is 0.438. The number of rotatable bonds is 8. The largest absolute Gasteiger partial charge is 0.496 e. The van der Waals surface area contributed by atoms with Gasteiger partial charge in [0.05, 0.1) is 7.11 Å². The summed E-state index contributed by atoms with van der Waals surface area (Å²) >= 11 is 0. The third-order valence-corrected chi connectivity index (χ3v) is 3.10. The molecule has 0 atom stereocenters. The first-order valence-electron chi connectivity index (χ1n) is 6.91. The first-order valence-corrected chi connectivity index (χ1v) is 6.91. The fourth-order valence-electron chi connectivity index (χ4n) is 2.10. The molecule has 1 N–H and O–H groups in total. The summed E-state index contributed by atoms with van der Waals surface area (Å²) in [6, 6.07) is 5.73. The Morgan fingerprint density at radius 3 is 2.70 bits per heavy atom. The van der Waals surface area contributed by atoms with E-state index in [1.54, 1.807) is 13.2 Å². The van der Waals surface area contributed by atoms with Crippen molar-refractivity contribution in [2.75, 3.05) is 20.2 Å². The van der Waals surface area contributed by atoms with Gasteiger partial charge in [-0.2, -0.15) is 0 Å². The molecule has 0 fully saturated rings. The van der Waals surface area contributed by atoms with Crippen LogP contribution in [0.2, 0.25) is 0 Å². The summed E-state index contributed by atoms with van der Waals surface area (Å²) in [7, 11) is 1.65. The molecular weight excluding hydrogens is 254 g/mol. The summed E-state index contributed by atoms with van der Waals surface area (Å²) in [5.74, 6) is -0.101. The highest BCUT2D eigenvalue weighted by atomic mass is 16.5. The third kappa shape index (κ3) is 5.05.